The lowest BCUT2D eigenvalue weighted by Gasteiger charge is -2.10. The Bertz CT molecular complexity index is 636. The number of aryl methyl sites for hydroxylation is 2. The molecule has 2 rings (SSSR count). The van der Waals surface area contributed by atoms with Crippen LogP contribution in [0.15, 0.2) is 24.3 Å². The largest absolute Gasteiger partial charge is 0.393 e. The highest BCUT2D eigenvalue weighted by molar-refractivity contribution is 5.98. The molecular weight excluding hydrogens is 252 g/mol. The number of aliphatic hydroxyl groups excluding tert-OH is 1. The minimum Gasteiger partial charge on any atom is -0.393 e. The predicted octanol–water partition coefficient (Wildman–Crippen LogP) is 2.35. The maximum absolute atomic E-state index is 12.1. The second kappa shape index (κ2) is 6.01. The van der Waals surface area contributed by atoms with Gasteiger partial charge in [0.15, 0.2) is 0 Å². The average molecular weight is 272 g/mol. The maximum Gasteiger partial charge on any atom is 0.253 e. The molecule has 0 saturated carbocycles. The number of amides is 1. The Morgan fingerprint density at radius 1 is 1.35 bits per heavy atom. The van der Waals surface area contributed by atoms with Crippen LogP contribution in [-0.4, -0.2) is 28.6 Å². The Balaban J connectivity index is 2.23. The van der Waals surface area contributed by atoms with Gasteiger partial charge in [0.05, 0.1) is 22.9 Å². The zero-order valence-corrected chi connectivity index (χ0v) is 12.1. The summed E-state index contributed by atoms with van der Waals surface area (Å²) >= 11 is 0. The molecule has 20 heavy (non-hydrogen) atoms. The van der Waals surface area contributed by atoms with E-state index < -0.39 is 6.10 Å². The van der Waals surface area contributed by atoms with Crippen molar-refractivity contribution in [1.82, 2.24) is 10.3 Å². The number of benzene rings is 1. The Labute approximate surface area is 118 Å². The van der Waals surface area contributed by atoms with Crippen LogP contribution in [0.5, 0.6) is 0 Å². The number of nitrogens with zero attached hydrogens (tertiary/aromatic N) is 1. The zero-order chi connectivity index (χ0) is 14.7. The van der Waals surface area contributed by atoms with Gasteiger partial charge in [-0.2, -0.15) is 0 Å². The van der Waals surface area contributed by atoms with E-state index in [0.29, 0.717) is 18.5 Å². The summed E-state index contributed by atoms with van der Waals surface area (Å²) in [7, 11) is 0. The third-order valence-corrected chi connectivity index (χ3v) is 3.26. The maximum atomic E-state index is 12.1. The molecule has 1 atom stereocenters. The second-order valence-corrected chi connectivity index (χ2v) is 5.21. The quantitative estimate of drug-likeness (QED) is 0.898. The van der Waals surface area contributed by atoms with Crippen molar-refractivity contribution in [1.29, 1.82) is 0 Å². The number of carbonyl (C=O) groups is 1. The van der Waals surface area contributed by atoms with E-state index in [9.17, 15) is 9.90 Å². The lowest BCUT2D eigenvalue weighted by molar-refractivity contribution is 0.0944. The first-order valence-electron chi connectivity index (χ1n) is 6.81. The second-order valence-electron chi connectivity index (χ2n) is 5.21. The van der Waals surface area contributed by atoms with Gasteiger partial charge in [0.1, 0.15) is 0 Å². The van der Waals surface area contributed by atoms with Gasteiger partial charge in [-0.3, -0.25) is 9.78 Å². The highest BCUT2D eigenvalue weighted by atomic mass is 16.3. The molecule has 1 aromatic carbocycles. The molecule has 1 unspecified atom stereocenters. The van der Waals surface area contributed by atoms with Gasteiger partial charge in [0.25, 0.3) is 5.91 Å². The van der Waals surface area contributed by atoms with Gasteiger partial charge < -0.3 is 10.4 Å². The molecule has 0 bridgehead atoms. The molecule has 0 saturated heterocycles. The standard InChI is InChI=1S/C16H20N2O2/c1-10-4-5-13-9-14(12(3)18-15(13)8-10)16(20)17-7-6-11(2)19/h4-5,8-9,11,19H,6-7H2,1-3H3,(H,17,20). The van der Waals surface area contributed by atoms with Gasteiger partial charge in [-0.05, 0) is 44.9 Å². The van der Waals surface area contributed by atoms with E-state index in [-0.39, 0.29) is 5.91 Å². The van der Waals surface area contributed by atoms with Crippen molar-refractivity contribution in [3.63, 3.8) is 0 Å². The number of rotatable bonds is 4. The third-order valence-electron chi connectivity index (χ3n) is 3.26. The molecule has 0 fully saturated rings. The van der Waals surface area contributed by atoms with Crippen LogP contribution in [0.4, 0.5) is 0 Å². The SMILES string of the molecule is Cc1ccc2cc(C(=O)NCCC(C)O)c(C)nc2c1. The van der Waals surface area contributed by atoms with Gasteiger partial charge in [-0.25, -0.2) is 0 Å². The fraction of sp³-hybridized carbons (Fsp3) is 0.375. The number of fused-ring (bicyclic) bond motifs is 1. The van der Waals surface area contributed by atoms with Crippen molar-refractivity contribution in [2.24, 2.45) is 0 Å². The highest BCUT2D eigenvalue weighted by Gasteiger charge is 2.11. The Morgan fingerprint density at radius 3 is 2.80 bits per heavy atom. The number of hydrogen-bond donors (Lipinski definition) is 2. The van der Waals surface area contributed by atoms with E-state index in [4.69, 9.17) is 0 Å². The van der Waals surface area contributed by atoms with E-state index in [1.807, 2.05) is 38.1 Å². The molecule has 0 aliphatic rings. The molecular formula is C16H20N2O2. The van der Waals surface area contributed by atoms with E-state index in [1.54, 1.807) is 6.92 Å². The van der Waals surface area contributed by atoms with Crippen LogP contribution in [0.3, 0.4) is 0 Å². The Kier molecular flexibility index (Phi) is 4.35. The molecule has 4 nitrogen and oxygen atoms in total. The van der Waals surface area contributed by atoms with Crippen LogP contribution in [0.2, 0.25) is 0 Å². The van der Waals surface area contributed by atoms with Crippen molar-refractivity contribution in [2.45, 2.75) is 33.3 Å². The first-order chi connectivity index (χ1) is 9.47. The Morgan fingerprint density at radius 2 is 2.10 bits per heavy atom. The molecule has 0 aliphatic carbocycles. The number of aliphatic hydroxyl groups is 1. The zero-order valence-electron chi connectivity index (χ0n) is 12.1. The molecule has 106 valence electrons. The van der Waals surface area contributed by atoms with Crippen LogP contribution in [-0.2, 0) is 0 Å². The van der Waals surface area contributed by atoms with Crippen molar-refractivity contribution >= 4 is 16.8 Å². The van der Waals surface area contributed by atoms with Gasteiger partial charge in [-0.15, -0.1) is 0 Å². The lowest BCUT2D eigenvalue weighted by atomic mass is 10.1. The molecule has 1 heterocycles. The number of aromatic nitrogens is 1. The molecule has 0 aliphatic heterocycles. The van der Waals surface area contributed by atoms with Crippen LogP contribution in [0.25, 0.3) is 10.9 Å². The van der Waals surface area contributed by atoms with Gasteiger partial charge >= 0.3 is 0 Å². The lowest BCUT2D eigenvalue weighted by Crippen LogP contribution is -2.27. The van der Waals surface area contributed by atoms with Crippen LogP contribution in [0, 0.1) is 13.8 Å². The van der Waals surface area contributed by atoms with Crippen LogP contribution >= 0.6 is 0 Å². The summed E-state index contributed by atoms with van der Waals surface area (Å²) in [6, 6.07) is 7.87. The van der Waals surface area contributed by atoms with Gasteiger partial charge in [0, 0.05) is 11.9 Å². The monoisotopic (exact) mass is 272 g/mol. The first-order valence-corrected chi connectivity index (χ1v) is 6.81. The van der Waals surface area contributed by atoms with Crippen molar-refractivity contribution < 1.29 is 9.90 Å². The molecule has 4 heteroatoms. The van der Waals surface area contributed by atoms with Crippen molar-refractivity contribution in [2.75, 3.05) is 6.54 Å². The summed E-state index contributed by atoms with van der Waals surface area (Å²) in [6.45, 7) is 6.03. The molecule has 2 aromatic rings. The molecule has 1 aromatic heterocycles. The van der Waals surface area contributed by atoms with Crippen molar-refractivity contribution in [3.05, 3.63) is 41.1 Å². The molecule has 2 N–H and O–H groups in total. The van der Waals surface area contributed by atoms with E-state index in [2.05, 4.69) is 10.3 Å². The summed E-state index contributed by atoms with van der Waals surface area (Å²) in [4.78, 5) is 16.6. The van der Waals surface area contributed by atoms with Gasteiger partial charge in [0.2, 0.25) is 0 Å². The minimum absolute atomic E-state index is 0.141. The number of carbonyl (C=O) groups excluding carboxylic acids is 1. The summed E-state index contributed by atoms with van der Waals surface area (Å²) in [5.74, 6) is -0.141. The summed E-state index contributed by atoms with van der Waals surface area (Å²) in [5, 5.41) is 13.0. The van der Waals surface area contributed by atoms with E-state index >= 15 is 0 Å². The summed E-state index contributed by atoms with van der Waals surface area (Å²) in [6.07, 6.45) is 0.138. The smallest absolute Gasteiger partial charge is 0.253 e. The summed E-state index contributed by atoms with van der Waals surface area (Å²) < 4.78 is 0. The first kappa shape index (κ1) is 14.5. The van der Waals surface area contributed by atoms with Crippen molar-refractivity contribution in [3.8, 4) is 0 Å². The molecule has 0 radical (unpaired) electrons. The third kappa shape index (κ3) is 3.33. The molecule has 0 spiro atoms. The van der Waals surface area contributed by atoms with Crippen LogP contribution in [0.1, 0.15) is 35.0 Å². The van der Waals surface area contributed by atoms with E-state index in [1.165, 1.54) is 0 Å². The topological polar surface area (TPSA) is 62.2 Å². The average Bonchev–Trinajstić information content (AvgIpc) is 2.37. The van der Waals surface area contributed by atoms with Crippen LogP contribution < -0.4 is 5.32 Å². The summed E-state index contributed by atoms with van der Waals surface area (Å²) in [5.41, 5.74) is 3.37. The number of pyridine rings is 1. The Hall–Kier alpha value is -1.94. The normalized spacial score (nSPS) is 12.4. The number of nitrogens with one attached hydrogen (secondary N) is 1. The molecule has 1 amide bonds. The minimum atomic E-state index is -0.408. The predicted molar refractivity (Wildman–Crippen MR) is 79.8 cm³/mol. The number of hydrogen-bond acceptors (Lipinski definition) is 3. The van der Waals surface area contributed by atoms with Gasteiger partial charge in [-0.1, -0.05) is 12.1 Å². The fourth-order valence-corrected chi connectivity index (χ4v) is 2.09. The highest BCUT2D eigenvalue weighted by Crippen LogP contribution is 2.18. The fourth-order valence-electron chi connectivity index (χ4n) is 2.09. The van der Waals surface area contributed by atoms with E-state index in [0.717, 1.165) is 22.2 Å².